The first kappa shape index (κ1) is 10.5. The summed E-state index contributed by atoms with van der Waals surface area (Å²) in [4.78, 5) is 14.9. The Morgan fingerprint density at radius 2 is 2.12 bits per heavy atom. The van der Waals surface area contributed by atoms with Gasteiger partial charge < -0.3 is 14.8 Å². The van der Waals surface area contributed by atoms with E-state index in [0.29, 0.717) is 18.8 Å². The number of pyridine rings is 1. The van der Waals surface area contributed by atoms with Crippen LogP contribution >= 0.6 is 0 Å². The van der Waals surface area contributed by atoms with Crippen LogP contribution in [-0.2, 0) is 10.2 Å². The summed E-state index contributed by atoms with van der Waals surface area (Å²) in [5.74, 6) is 0. The zero-order valence-corrected chi connectivity index (χ0v) is 9.27. The molecule has 2 heterocycles. The predicted molar refractivity (Wildman–Crippen MR) is 64.2 cm³/mol. The predicted octanol–water partition coefficient (Wildman–Crippen LogP) is 0.788. The zero-order chi connectivity index (χ0) is 11.9. The fraction of sp³-hybridized carbons (Fsp3) is 0.308. The molecule has 17 heavy (non-hydrogen) atoms. The molecule has 2 aromatic rings. The number of fused-ring (bicyclic) bond motifs is 1. The number of ether oxygens (including phenoxy) is 1. The first-order valence-corrected chi connectivity index (χ1v) is 5.56. The molecule has 3 rings (SSSR count). The lowest BCUT2D eigenvalue weighted by molar-refractivity contribution is -0.0847. The van der Waals surface area contributed by atoms with Crippen molar-refractivity contribution in [1.29, 1.82) is 0 Å². The Morgan fingerprint density at radius 3 is 2.76 bits per heavy atom. The van der Waals surface area contributed by atoms with E-state index >= 15 is 0 Å². The summed E-state index contributed by atoms with van der Waals surface area (Å²) in [5.41, 5.74) is 0.776. The van der Waals surface area contributed by atoms with Gasteiger partial charge in [0.2, 0.25) is 0 Å². The number of H-pyrrole nitrogens is 1. The van der Waals surface area contributed by atoms with Crippen LogP contribution in [-0.4, -0.2) is 29.9 Å². The van der Waals surface area contributed by atoms with Gasteiger partial charge in [0.25, 0.3) is 5.56 Å². The summed E-state index contributed by atoms with van der Waals surface area (Å²) >= 11 is 0. The van der Waals surface area contributed by atoms with Crippen LogP contribution in [0.15, 0.2) is 35.1 Å². The molecule has 0 saturated carbocycles. The third kappa shape index (κ3) is 1.49. The van der Waals surface area contributed by atoms with Gasteiger partial charge >= 0.3 is 0 Å². The maximum absolute atomic E-state index is 12.0. The number of aliphatic hydroxyl groups is 1. The quantitative estimate of drug-likeness (QED) is 0.803. The molecule has 4 nitrogen and oxygen atoms in total. The molecular weight excluding hydrogens is 218 g/mol. The van der Waals surface area contributed by atoms with E-state index in [1.165, 1.54) is 0 Å². The smallest absolute Gasteiger partial charge is 0.252 e. The number of benzene rings is 1. The van der Waals surface area contributed by atoms with Crippen molar-refractivity contribution in [2.24, 2.45) is 0 Å². The van der Waals surface area contributed by atoms with Crippen LogP contribution in [0.25, 0.3) is 10.9 Å². The SMILES string of the molecule is O=c1[nH]c2ccccc2cc1C1(CO)COC1. The van der Waals surface area contributed by atoms with Gasteiger partial charge in [-0.25, -0.2) is 0 Å². The Balaban J connectivity index is 2.23. The van der Waals surface area contributed by atoms with Crippen molar-refractivity contribution >= 4 is 10.9 Å². The van der Waals surface area contributed by atoms with E-state index in [1.807, 2.05) is 30.3 Å². The second-order valence-electron chi connectivity index (χ2n) is 4.53. The van der Waals surface area contributed by atoms with Crippen LogP contribution in [0.4, 0.5) is 0 Å². The highest BCUT2D eigenvalue weighted by atomic mass is 16.5. The molecule has 1 fully saturated rings. The molecule has 1 aliphatic rings. The standard InChI is InChI=1S/C13H13NO3/c15-6-13(7-17-8-13)10-5-9-3-1-2-4-11(9)14-12(10)16/h1-5,15H,6-8H2,(H,14,16). The molecule has 0 radical (unpaired) electrons. The molecule has 1 aromatic carbocycles. The average Bonchev–Trinajstić information content (AvgIpc) is 2.29. The van der Waals surface area contributed by atoms with Crippen molar-refractivity contribution in [3.63, 3.8) is 0 Å². The number of aromatic amines is 1. The van der Waals surface area contributed by atoms with Crippen LogP contribution in [0, 0.1) is 0 Å². The van der Waals surface area contributed by atoms with E-state index in [0.717, 1.165) is 10.9 Å². The highest BCUT2D eigenvalue weighted by molar-refractivity contribution is 5.79. The molecule has 1 aromatic heterocycles. The molecule has 2 N–H and O–H groups in total. The largest absolute Gasteiger partial charge is 0.395 e. The summed E-state index contributed by atoms with van der Waals surface area (Å²) < 4.78 is 5.14. The lowest BCUT2D eigenvalue weighted by atomic mass is 9.80. The molecule has 0 aliphatic carbocycles. The normalized spacial score (nSPS) is 17.9. The number of aliphatic hydroxyl groups excluding tert-OH is 1. The number of para-hydroxylation sites is 1. The van der Waals surface area contributed by atoms with Crippen LogP contribution in [0.1, 0.15) is 5.56 Å². The van der Waals surface area contributed by atoms with Crippen molar-refractivity contribution in [3.05, 3.63) is 46.2 Å². The van der Waals surface area contributed by atoms with Crippen LogP contribution in [0.5, 0.6) is 0 Å². The van der Waals surface area contributed by atoms with Crippen molar-refractivity contribution in [3.8, 4) is 0 Å². The van der Waals surface area contributed by atoms with Crippen molar-refractivity contribution < 1.29 is 9.84 Å². The first-order chi connectivity index (χ1) is 8.25. The lowest BCUT2D eigenvalue weighted by Gasteiger charge is -2.39. The number of aromatic nitrogens is 1. The van der Waals surface area contributed by atoms with Crippen molar-refractivity contribution in [1.82, 2.24) is 4.98 Å². The maximum atomic E-state index is 12.0. The minimum absolute atomic E-state index is 0.0611. The zero-order valence-electron chi connectivity index (χ0n) is 9.27. The summed E-state index contributed by atoms with van der Waals surface area (Å²) in [5, 5.41) is 10.4. The summed E-state index contributed by atoms with van der Waals surface area (Å²) in [7, 11) is 0. The third-order valence-corrected chi connectivity index (χ3v) is 3.38. The van der Waals surface area contributed by atoms with Gasteiger partial charge in [-0.2, -0.15) is 0 Å². The minimum atomic E-state index is -0.516. The molecule has 0 bridgehead atoms. The summed E-state index contributed by atoms with van der Waals surface area (Å²) in [6, 6.07) is 9.47. The Kier molecular flexibility index (Phi) is 2.28. The molecule has 0 amide bonds. The van der Waals surface area contributed by atoms with E-state index in [1.54, 1.807) is 0 Å². The topological polar surface area (TPSA) is 62.3 Å². The van der Waals surface area contributed by atoms with E-state index in [2.05, 4.69) is 4.98 Å². The van der Waals surface area contributed by atoms with E-state index in [9.17, 15) is 9.90 Å². The average molecular weight is 231 g/mol. The maximum Gasteiger partial charge on any atom is 0.252 e. The number of rotatable bonds is 2. The molecule has 4 heteroatoms. The minimum Gasteiger partial charge on any atom is -0.395 e. The van der Waals surface area contributed by atoms with E-state index in [-0.39, 0.29) is 12.2 Å². The first-order valence-electron chi connectivity index (χ1n) is 5.56. The molecular formula is C13H13NO3. The molecule has 1 saturated heterocycles. The fourth-order valence-corrected chi connectivity index (χ4v) is 2.22. The highest BCUT2D eigenvalue weighted by Gasteiger charge is 2.41. The van der Waals surface area contributed by atoms with Crippen LogP contribution in [0.3, 0.4) is 0 Å². The van der Waals surface area contributed by atoms with Gasteiger partial charge in [-0.3, -0.25) is 4.79 Å². The Bertz CT molecular complexity index is 608. The number of hydrogen-bond donors (Lipinski definition) is 2. The summed E-state index contributed by atoms with van der Waals surface area (Å²) in [6.07, 6.45) is 0. The third-order valence-electron chi connectivity index (χ3n) is 3.38. The summed E-state index contributed by atoms with van der Waals surface area (Å²) in [6.45, 7) is 0.754. The van der Waals surface area contributed by atoms with Gasteiger partial charge in [-0.1, -0.05) is 18.2 Å². The van der Waals surface area contributed by atoms with Gasteiger partial charge in [0.15, 0.2) is 0 Å². The lowest BCUT2D eigenvalue weighted by Crippen LogP contribution is -2.52. The molecule has 0 atom stereocenters. The number of hydrogen-bond acceptors (Lipinski definition) is 3. The molecule has 0 spiro atoms. The fourth-order valence-electron chi connectivity index (χ4n) is 2.22. The van der Waals surface area contributed by atoms with Gasteiger partial charge in [0.1, 0.15) is 0 Å². The Morgan fingerprint density at radius 1 is 1.35 bits per heavy atom. The van der Waals surface area contributed by atoms with Crippen LogP contribution in [0.2, 0.25) is 0 Å². The Labute approximate surface area is 97.9 Å². The monoisotopic (exact) mass is 231 g/mol. The Hall–Kier alpha value is -1.65. The van der Waals surface area contributed by atoms with Gasteiger partial charge in [-0.05, 0) is 17.5 Å². The van der Waals surface area contributed by atoms with Gasteiger partial charge in [0.05, 0.1) is 25.2 Å². The second kappa shape index (κ2) is 3.68. The number of nitrogens with one attached hydrogen (secondary N) is 1. The highest BCUT2D eigenvalue weighted by Crippen LogP contribution is 2.30. The molecule has 1 aliphatic heterocycles. The van der Waals surface area contributed by atoms with Gasteiger partial charge in [-0.15, -0.1) is 0 Å². The van der Waals surface area contributed by atoms with E-state index in [4.69, 9.17) is 4.74 Å². The van der Waals surface area contributed by atoms with Crippen LogP contribution < -0.4 is 5.56 Å². The second-order valence-corrected chi connectivity index (χ2v) is 4.53. The molecule has 0 unspecified atom stereocenters. The molecule has 88 valence electrons. The van der Waals surface area contributed by atoms with E-state index < -0.39 is 5.41 Å². The van der Waals surface area contributed by atoms with Crippen molar-refractivity contribution in [2.75, 3.05) is 19.8 Å². The van der Waals surface area contributed by atoms with Gasteiger partial charge in [0, 0.05) is 11.1 Å². The van der Waals surface area contributed by atoms with Crippen molar-refractivity contribution in [2.45, 2.75) is 5.41 Å².